The van der Waals surface area contributed by atoms with Gasteiger partial charge in [-0.25, -0.2) is 0 Å². The molecule has 0 spiro atoms. The van der Waals surface area contributed by atoms with Crippen molar-refractivity contribution in [1.82, 2.24) is 0 Å². The van der Waals surface area contributed by atoms with Gasteiger partial charge in [0.05, 0.1) is 11.3 Å². The molecule has 0 aliphatic heterocycles. The zero-order valence-corrected chi connectivity index (χ0v) is 16.9. The summed E-state index contributed by atoms with van der Waals surface area (Å²) in [5.74, 6) is -2.18. The first-order valence-electron chi connectivity index (χ1n) is 10.5. The van der Waals surface area contributed by atoms with Crippen LogP contribution in [-0.2, 0) is 9.59 Å². The lowest BCUT2D eigenvalue weighted by Gasteiger charge is -2.36. The first-order valence-corrected chi connectivity index (χ1v) is 10.5. The third-order valence-corrected chi connectivity index (χ3v) is 6.19. The Kier molecular flexibility index (Phi) is 9.97. The van der Waals surface area contributed by atoms with E-state index >= 15 is 0 Å². The average molecular weight is 367 g/mol. The Hall–Kier alpha value is -1.32. The van der Waals surface area contributed by atoms with Crippen LogP contribution >= 0.6 is 0 Å². The van der Waals surface area contributed by atoms with Gasteiger partial charge >= 0.3 is 11.9 Å². The predicted molar refractivity (Wildman–Crippen MR) is 105 cm³/mol. The number of unbranched alkanes of at least 4 members (excludes halogenated alkanes) is 3. The molecule has 1 rings (SSSR count). The van der Waals surface area contributed by atoms with Gasteiger partial charge in [-0.2, -0.15) is 0 Å². The minimum atomic E-state index is -0.841. The van der Waals surface area contributed by atoms with Crippen LogP contribution in [0.2, 0.25) is 0 Å². The SMILES string of the molecule is CCCCCC(CC(C(=O)O)C1=CCCCC1)C(C)(CCCC)C(=O)O. The van der Waals surface area contributed by atoms with Crippen molar-refractivity contribution in [3.05, 3.63) is 11.6 Å². The van der Waals surface area contributed by atoms with E-state index in [0.29, 0.717) is 12.8 Å². The maximum absolute atomic E-state index is 12.2. The number of carboxylic acids is 2. The largest absolute Gasteiger partial charge is 0.481 e. The fourth-order valence-electron chi connectivity index (χ4n) is 4.24. The molecule has 0 heterocycles. The Morgan fingerprint density at radius 2 is 1.81 bits per heavy atom. The molecule has 0 aromatic heterocycles. The smallest absolute Gasteiger partial charge is 0.310 e. The molecule has 0 saturated heterocycles. The third kappa shape index (κ3) is 6.44. The zero-order valence-electron chi connectivity index (χ0n) is 16.9. The summed E-state index contributed by atoms with van der Waals surface area (Å²) in [6, 6.07) is 0. The van der Waals surface area contributed by atoms with E-state index in [-0.39, 0.29) is 5.92 Å². The van der Waals surface area contributed by atoms with Crippen molar-refractivity contribution in [2.45, 2.75) is 97.8 Å². The minimum absolute atomic E-state index is 0.0953. The van der Waals surface area contributed by atoms with E-state index in [1.807, 2.05) is 6.92 Å². The highest BCUT2D eigenvalue weighted by molar-refractivity contribution is 5.76. The first kappa shape index (κ1) is 22.7. The second-order valence-electron chi connectivity index (χ2n) is 8.17. The number of rotatable bonds is 13. The molecule has 1 aliphatic rings. The van der Waals surface area contributed by atoms with E-state index in [4.69, 9.17) is 0 Å². The van der Waals surface area contributed by atoms with E-state index < -0.39 is 23.3 Å². The van der Waals surface area contributed by atoms with Gasteiger partial charge in [0.2, 0.25) is 0 Å². The van der Waals surface area contributed by atoms with Crippen molar-refractivity contribution in [2.75, 3.05) is 0 Å². The van der Waals surface area contributed by atoms with Crippen LogP contribution in [0.25, 0.3) is 0 Å². The molecular formula is C22H38O4. The molecule has 0 amide bonds. The Bertz CT molecular complexity index is 483. The molecule has 0 aromatic carbocycles. The molecule has 4 heteroatoms. The summed E-state index contributed by atoms with van der Waals surface area (Å²) in [5.41, 5.74) is 0.180. The lowest BCUT2D eigenvalue weighted by atomic mass is 9.67. The summed E-state index contributed by atoms with van der Waals surface area (Å²) in [7, 11) is 0. The van der Waals surface area contributed by atoms with Gasteiger partial charge in [0.1, 0.15) is 0 Å². The van der Waals surface area contributed by atoms with Crippen LogP contribution in [0.3, 0.4) is 0 Å². The van der Waals surface area contributed by atoms with Gasteiger partial charge in [0.25, 0.3) is 0 Å². The summed E-state index contributed by atoms with van der Waals surface area (Å²) < 4.78 is 0. The Morgan fingerprint density at radius 3 is 2.31 bits per heavy atom. The molecule has 3 atom stereocenters. The summed E-state index contributed by atoms with van der Waals surface area (Å²) in [4.78, 5) is 24.2. The normalized spacial score (nSPS) is 19.3. The van der Waals surface area contributed by atoms with Gasteiger partial charge in [0, 0.05) is 0 Å². The highest BCUT2D eigenvalue weighted by atomic mass is 16.4. The third-order valence-electron chi connectivity index (χ3n) is 6.19. The van der Waals surface area contributed by atoms with Crippen LogP contribution in [0.15, 0.2) is 11.6 Å². The second-order valence-corrected chi connectivity index (χ2v) is 8.17. The van der Waals surface area contributed by atoms with Crippen molar-refractivity contribution in [3.8, 4) is 0 Å². The molecular weight excluding hydrogens is 328 g/mol. The van der Waals surface area contributed by atoms with E-state index in [0.717, 1.165) is 69.8 Å². The average Bonchev–Trinajstić information content (AvgIpc) is 2.62. The fraction of sp³-hybridized carbons (Fsp3) is 0.818. The van der Waals surface area contributed by atoms with E-state index in [1.54, 1.807) is 0 Å². The van der Waals surface area contributed by atoms with E-state index in [9.17, 15) is 19.8 Å². The number of allylic oxidation sites excluding steroid dienone is 1. The second kappa shape index (κ2) is 11.4. The molecule has 0 fully saturated rings. The summed E-state index contributed by atoms with van der Waals surface area (Å²) in [6.45, 7) is 6.05. The number of hydrogen-bond donors (Lipinski definition) is 2. The Labute approximate surface area is 159 Å². The topological polar surface area (TPSA) is 74.6 Å². The number of carbonyl (C=O) groups is 2. The van der Waals surface area contributed by atoms with Crippen molar-refractivity contribution < 1.29 is 19.8 Å². The number of hydrogen-bond acceptors (Lipinski definition) is 2. The van der Waals surface area contributed by atoms with Gasteiger partial charge in [-0.3, -0.25) is 9.59 Å². The van der Waals surface area contributed by atoms with Crippen LogP contribution in [0.5, 0.6) is 0 Å². The maximum atomic E-state index is 12.2. The Morgan fingerprint density at radius 1 is 1.12 bits per heavy atom. The monoisotopic (exact) mass is 366 g/mol. The van der Waals surface area contributed by atoms with Gasteiger partial charge in [-0.1, -0.05) is 57.6 Å². The predicted octanol–water partition coefficient (Wildman–Crippen LogP) is 6.06. The highest BCUT2D eigenvalue weighted by Gasteiger charge is 2.42. The van der Waals surface area contributed by atoms with Gasteiger partial charge in [0.15, 0.2) is 0 Å². The fourth-order valence-corrected chi connectivity index (χ4v) is 4.24. The van der Waals surface area contributed by atoms with Crippen LogP contribution in [-0.4, -0.2) is 22.2 Å². The van der Waals surface area contributed by atoms with Crippen LogP contribution in [0, 0.1) is 17.3 Å². The summed E-state index contributed by atoms with van der Waals surface area (Å²) >= 11 is 0. The standard InChI is InChI=1S/C22H38O4/c1-4-6-9-14-18(22(3,21(25)26)15-7-5-2)16-19(20(23)24)17-12-10-8-11-13-17/h12,18-19H,4-11,13-16H2,1-3H3,(H,23,24)(H,25,26). The quantitative estimate of drug-likeness (QED) is 0.307. The molecule has 26 heavy (non-hydrogen) atoms. The van der Waals surface area contributed by atoms with Crippen LogP contribution < -0.4 is 0 Å². The van der Waals surface area contributed by atoms with Crippen molar-refractivity contribution >= 4 is 11.9 Å². The summed E-state index contributed by atoms with van der Waals surface area (Å²) in [5, 5.41) is 19.8. The van der Waals surface area contributed by atoms with Crippen molar-refractivity contribution in [2.24, 2.45) is 17.3 Å². The highest BCUT2D eigenvalue weighted by Crippen LogP contribution is 2.42. The number of carboxylic acid groups (broad SMARTS) is 2. The van der Waals surface area contributed by atoms with Gasteiger partial charge < -0.3 is 10.2 Å². The number of aliphatic carboxylic acids is 2. The minimum Gasteiger partial charge on any atom is -0.481 e. The van der Waals surface area contributed by atoms with Crippen LogP contribution in [0.1, 0.15) is 97.8 Å². The zero-order chi connectivity index (χ0) is 19.6. The molecule has 3 unspecified atom stereocenters. The molecule has 0 radical (unpaired) electrons. The molecule has 0 aromatic rings. The first-order chi connectivity index (χ1) is 12.4. The Balaban J connectivity index is 3.06. The van der Waals surface area contributed by atoms with Gasteiger partial charge in [-0.15, -0.1) is 0 Å². The van der Waals surface area contributed by atoms with Gasteiger partial charge in [-0.05, 0) is 57.8 Å². The molecule has 150 valence electrons. The molecule has 0 saturated carbocycles. The molecule has 0 bridgehead atoms. The molecule has 4 nitrogen and oxygen atoms in total. The van der Waals surface area contributed by atoms with E-state index in [2.05, 4.69) is 19.9 Å². The lowest BCUT2D eigenvalue weighted by Crippen LogP contribution is -2.38. The maximum Gasteiger partial charge on any atom is 0.310 e. The van der Waals surface area contributed by atoms with Crippen molar-refractivity contribution in [1.29, 1.82) is 0 Å². The van der Waals surface area contributed by atoms with E-state index in [1.165, 1.54) is 0 Å². The molecule has 1 aliphatic carbocycles. The van der Waals surface area contributed by atoms with Crippen molar-refractivity contribution in [3.63, 3.8) is 0 Å². The lowest BCUT2D eigenvalue weighted by molar-refractivity contribution is -0.154. The molecule has 2 N–H and O–H groups in total. The van der Waals surface area contributed by atoms with Crippen LogP contribution in [0.4, 0.5) is 0 Å². The summed E-state index contributed by atoms with van der Waals surface area (Å²) in [6.07, 6.45) is 12.9.